The first kappa shape index (κ1) is 9.85. The van der Waals surface area contributed by atoms with Crippen LogP contribution >= 0.6 is 11.3 Å². The predicted molar refractivity (Wildman–Crippen MR) is 53.9 cm³/mol. The number of thiazole rings is 1. The van der Waals surface area contributed by atoms with Gasteiger partial charge in [-0.2, -0.15) is 4.98 Å². The fourth-order valence-electron chi connectivity index (χ4n) is 1.09. The molecule has 0 saturated heterocycles. The molecule has 2 heterocycles. The molecule has 0 spiro atoms. The largest absolute Gasteiger partial charge is 0.492 e. The summed E-state index contributed by atoms with van der Waals surface area (Å²) in [6.07, 6.45) is 1.82. The number of carbonyl (C=O) groups excluding carboxylic acids is 1. The highest BCUT2D eigenvalue weighted by Crippen LogP contribution is 2.32. The molecule has 0 unspecified atom stereocenters. The van der Waals surface area contributed by atoms with Gasteiger partial charge in [0.2, 0.25) is 5.88 Å². The molecule has 0 aromatic carbocycles. The molecule has 0 amide bonds. The van der Waals surface area contributed by atoms with Crippen molar-refractivity contribution in [3.8, 4) is 16.6 Å². The minimum atomic E-state index is -0.238. The van der Waals surface area contributed by atoms with E-state index in [0.29, 0.717) is 17.2 Å². The van der Waals surface area contributed by atoms with E-state index in [0.717, 1.165) is 11.3 Å². The molecular weight excluding hydrogens is 216 g/mol. The van der Waals surface area contributed by atoms with E-state index < -0.39 is 0 Å². The number of rotatable bonds is 3. The van der Waals surface area contributed by atoms with Gasteiger partial charge in [-0.25, -0.2) is 0 Å². The van der Waals surface area contributed by atoms with E-state index in [1.54, 1.807) is 13.0 Å². The fraction of sp³-hybridized carbons (Fsp3) is 0.222. The lowest BCUT2D eigenvalue weighted by atomic mass is 10.3. The Morgan fingerprint density at radius 2 is 2.47 bits per heavy atom. The summed E-state index contributed by atoms with van der Waals surface area (Å²) in [6, 6.07) is 1.62. The highest BCUT2D eigenvalue weighted by atomic mass is 32.1. The normalized spacial score (nSPS) is 10.5. The van der Waals surface area contributed by atoms with Crippen LogP contribution in [0.5, 0.6) is 5.88 Å². The van der Waals surface area contributed by atoms with Crippen LogP contribution in [0.3, 0.4) is 0 Å². The number of hydrogen-bond donors (Lipinski definition) is 1. The van der Waals surface area contributed by atoms with Gasteiger partial charge in [0.25, 0.3) is 0 Å². The summed E-state index contributed by atoms with van der Waals surface area (Å²) < 4.78 is 4.88. The molecule has 0 radical (unpaired) electrons. The third kappa shape index (κ3) is 1.75. The Morgan fingerprint density at radius 3 is 3.07 bits per heavy atom. The van der Waals surface area contributed by atoms with Crippen LogP contribution in [0, 0.1) is 0 Å². The quantitative estimate of drug-likeness (QED) is 0.808. The molecular formula is C9H8N2O3S. The summed E-state index contributed by atoms with van der Waals surface area (Å²) in [5.74, 6) is 0.0828. The average Bonchev–Trinajstić information content (AvgIpc) is 2.84. The Morgan fingerprint density at radius 1 is 1.67 bits per heavy atom. The van der Waals surface area contributed by atoms with Crippen molar-refractivity contribution in [3.63, 3.8) is 0 Å². The molecule has 6 heteroatoms. The molecule has 0 saturated carbocycles. The third-order valence-corrected chi connectivity index (χ3v) is 2.93. The zero-order valence-corrected chi connectivity index (χ0v) is 8.74. The van der Waals surface area contributed by atoms with E-state index in [4.69, 9.17) is 4.52 Å². The van der Waals surface area contributed by atoms with Crippen molar-refractivity contribution < 1.29 is 14.4 Å². The SMILES string of the molecule is CCC(=O)c1sc(-c2ccno2)nc1O. The number of ketones is 1. The smallest absolute Gasteiger partial charge is 0.233 e. The van der Waals surface area contributed by atoms with Gasteiger partial charge >= 0.3 is 0 Å². The summed E-state index contributed by atoms with van der Waals surface area (Å²) in [4.78, 5) is 15.5. The monoisotopic (exact) mass is 224 g/mol. The van der Waals surface area contributed by atoms with E-state index >= 15 is 0 Å². The van der Waals surface area contributed by atoms with Crippen molar-refractivity contribution >= 4 is 17.1 Å². The van der Waals surface area contributed by atoms with Gasteiger partial charge in [-0.15, -0.1) is 11.3 Å². The second-order valence-electron chi connectivity index (χ2n) is 2.83. The molecule has 2 aromatic heterocycles. The van der Waals surface area contributed by atoms with Crippen molar-refractivity contribution in [2.24, 2.45) is 0 Å². The summed E-state index contributed by atoms with van der Waals surface area (Å²) in [7, 11) is 0. The Balaban J connectivity index is 2.41. The Hall–Kier alpha value is -1.69. The molecule has 0 aliphatic rings. The van der Waals surface area contributed by atoms with Crippen LogP contribution in [0.2, 0.25) is 0 Å². The second kappa shape index (κ2) is 3.82. The minimum absolute atomic E-state index is 0.129. The van der Waals surface area contributed by atoms with Crippen LogP contribution in [0.1, 0.15) is 23.0 Å². The maximum absolute atomic E-state index is 11.4. The number of aromatic nitrogens is 2. The van der Waals surface area contributed by atoms with Crippen LogP contribution in [0.25, 0.3) is 10.8 Å². The van der Waals surface area contributed by atoms with Gasteiger partial charge in [-0.05, 0) is 0 Å². The van der Waals surface area contributed by atoms with E-state index in [2.05, 4.69) is 10.1 Å². The summed E-state index contributed by atoms with van der Waals surface area (Å²) in [6.45, 7) is 1.73. The molecule has 0 fully saturated rings. The molecule has 0 atom stereocenters. The summed E-state index contributed by atoms with van der Waals surface area (Å²) in [5, 5.41) is 13.4. The standard InChI is InChI=1S/C9H8N2O3S/c1-2-5(12)7-8(13)11-9(15-7)6-3-4-10-14-6/h3-4,13H,2H2,1H3. The lowest BCUT2D eigenvalue weighted by molar-refractivity contribution is 0.0989. The van der Waals surface area contributed by atoms with Crippen LogP contribution < -0.4 is 0 Å². The minimum Gasteiger partial charge on any atom is -0.492 e. The molecule has 0 bridgehead atoms. The third-order valence-electron chi connectivity index (χ3n) is 1.83. The molecule has 5 nitrogen and oxygen atoms in total. The molecule has 0 aliphatic heterocycles. The number of nitrogens with zero attached hydrogens (tertiary/aromatic N) is 2. The first-order valence-electron chi connectivity index (χ1n) is 4.36. The fourth-order valence-corrected chi connectivity index (χ4v) is 2.01. The lowest BCUT2D eigenvalue weighted by Gasteiger charge is -1.89. The Kier molecular flexibility index (Phi) is 2.51. The van der Waals surface area contributed by atoms with Crippen LogP contribution in [0.15, 0.2) is 16.8 Å². The first-order chi connectivity index (χ1) is 7.22. The van der Waals surface area contributed by atoms with E-state index in [1.807, 2.05) is 0 Å². The van der Waals surface area contributed by atoms with Crippen molar-refractivity contribution in [1.29, 1.82) is 0 Å². The molecule has 1 N–H and O–H groups in total. The molecule has 0 aliphatic carbocycles. The van der Waals surface area contributed by atoms with Gasteiger partial charge in [0.15, 0.2) is 16.6 Å². The first-order valence-corrected chi connectivity index (χ1v) is 5.18. The van der Waals surface area contributed by atoms with E-state index in [-0.39, 0.29) is 16.5 Å². The van der Waals surface area contributed by atoms with Gasteiger partial charge in [0.05, 0.1) is 6.20 Å². The van der Waals surface area contributed by atoms with Gasteiger partial charge in [0.1, 0.15) is 4.88 Å². The van der Waals surface area contributed by atoms with Gasteiger partial charge in [-0.1, -0.05) is 12.1 Å². The lowest BCUT2D eigenvalue weighted by Crippen LogP contribution is -1.92. The van der Waals surface area contributed by atoms with Crippen molar-refractivity contribution in [2.45, 2.75) is 13.3 Å². The number of Topliss-reactive ketones (excluding diaryl/α,β-unsaturated/α-hetero) is 1. The molecule has 15 heavy (non-hydrogen) atoms. The maximum Gasteiger partial charge on any atom is 0.233 e. The average molecular weight is 224 g/mol. The topological polar surface area (TPSA) is 76.2 Å². The second-order valence-corrected chi connectivity index (χ2v) is 3.82. The number of aromatic hydroxyl groups is 1. The molecule has 2 aromatic rings. The van der Waals surface area contributed by atoms with Crippen molar-refractivity contribution in [3.05, 3.63) is 17.1 Å². The predicted octanol–water partition coefficient (Wildman–Crippen LogP) is 2.10. The zero-order chi connectivity index (χ0) is 10.8. The zero-order valence-electron chi connectivity index (χ0n) is 7.93. The van der Waals surface area contributed by atoms with Gasteiger partial charge < -0.3 is 9.63 Å². The number of carbonyl (C=O) groups is 1. The maximum atomic E-state index is 11.4. The molecule has 2 rings (SSSR count). The van der Waals surface area contributed by atoms with Gasteiger partial charge in [-0.3, -0.25) is 4.79 Å². The highest BCUT2D eigenvalue weighted by Gasteiger charge is 2.18. The Labute approximate surface area is 89.4 Å². The summed E-state index contributed by atoms with van der Waals surface area (Å²) >= 11 is 1.11. The van der Waals surface area contributed by atoms with Crippen LogP contribution in [-0.4, -0.2) is 21.0 Å². The van der Waals surface area contributed by atoms with Crippen molar-refractivity contribution in [1.82, 2.24) is 10.1 Å². The van der Waals surface area contributed by atoms with Gasteiger partial charge in [0, 0.05) is 12.5 Å². The van der Waals surface area contributed by atoms with Crippen molar-refractivity contribution in [2.75, 3.05) is 0 Å². The van der Waals surface area contributed by atoms with E-state index in [9.17, 15) is 9.90 Å². The van der Waals surface area contributed by atoms with Crippen LogP contribution in [-0.2, 0) is 0 Å². The van der Waals surface area contributed by atoms with E-state index in [1.165, 1.54) is 6.20 Å². The molecule has 78 valence electrons. The van der Waals surface area contributed by atoms with Crippen LogP contribution in [0.4, 0.5) is 0 Å². The summed E-state index contributed by atoms with van der Waals surface area (Å²) in [5.41, 5.74) is 0. The highest BCUT2D eigenvalue weighted by molar-refractivity contribution is 7.17. The Bertz CT molecular complexity index is 476. The number of hydrogen-bond acceptors (Lipinski definition) is 6.